The molecule has 0 aromatic carbocycles. The summed E-state index contributed by atoms with van der Waals surface area (Å²) in [7, 11) is 0. The van der Waals surface area contributed by atoms with Crippen LogP contribution in [0, 0.1) is 5.41 Å². The van der Waals surface area contributed by atoms with Crippen LogP contribution in [-0.2, 0) is 0 Å². The summed E-state index contributed by atoms with van der Waals surface area (Å²) in [6.07, 6.45) is 4.48. The summed E-state index contributed by atoms with van der Waals surface area (Å²) >= 11 is 5.42. The lowest BCUT2D eigenvalue weighted by molar-refractivity contribution is -0.0913. The highest BCUT2D eigenvalue weighted by Crippen LogP contribution is 2.24. The predicted molar refractivity (Wildman–Crippen MR) is 148 cm³/mol. The third kappa shape index (κ3) is 17.5. The van der Waals surface area contributed by atoms with Gasteiger partial charge in [0.25, 0.3) is 0 Å². The number of carbonyl (C=O) groups excluding carboxylic acids is 1. The van der Waals surface area contributed by atoms with E-state index in [1.165, 1.54) is 10.4 Å². The van der Waals surface area contributed by atoms with Gasteiger partial charge in [-0.05, 0) is 45.4 Å². The molecule has 0 spiro atoms. The molecule has 37 heavy (non-hydrogen) atoms. The molecule has 1 aliphatic heterocycles. The molecule has 212 valence electrons. The molecule has 0 bridgehead atoms. The van der Waals surface area contributed by atoms with Crippen LogP contribution in [0.5, 0.6) is 0 Å². The Balaban J connectivity index is 0. The van der Waals surface area contributed by atoms with Crippen LogP contribution in [0.3, 0.4) is 0 Å². The van der Waals surface area contributed by atoms with E-state index in [0.29, 0.717) is 18.7 Å². The number of amidine groups is 1. The zero-order chi connectivity index (χ0) is 28.9. The fourth-order valence-electron chi connectivity index (χ4n) is 2.94. The minimum absolute atomic E-state index is 0.0908. The number of halogens is 4. The van der Waals surface area contributed by atoms with Crippen molar-refractivity contribution >= 4 is 23.5 Å². The van der Waals surface area contributed by atoms with Crippen LogP contribution in [0.4, 0.5) is 18.0 Å². The number of hydrogen-bond acceptors (Lipinski definition) is 5. The second-order valence-electron chi connectivity index (χ2n) is 7.77. The minimum Gasteiger partial charge on any atom is -0.390 e. The topological polar surface area (TPSA) is 91.7 Å². The number of alkyl halides is 3. The second kappa shape index (κ2) is 21.5. The van der Waals surface area contributed by atoms with E-state index in [0.717, 1.165) is 45.0 Å². The van der Waals surface area contributed by atoms with E-state index in [1.54, 1.807) is 25.3 Å². The van der Waals surface area contributed by atoms with Crippen molar-refractivity contribution < 1.29 is 23.1 Å². The summed E-state index contributed by atoms with van der Waals surface area (Å²) in [5.74, 6) is 0.0908. The van der Waals surface area contributed by atoms with Crippen LogP contribution in [-0.4, -0.2) is 78.3 Å². The molecular formula is C26H43ClF3N5O2. The number of rotatable bonds is 11. The van der Waals surface area contributed by atoms with Crippen LogP contribution >= 0.6 is 11.6 Å². The number of aliphatic hydroxyl groups is 1. The van der Waals surface area contributed by atoms with Crippen LogP contribution in [0.25, 0.3) is 0 Å². The molecule has 11 heteroatoms. The summed E-state index contributed by atoms with van der Waals surface area (Å²) in [6, 6.07) is -0.420. The highest BCUT2D eigenvalue weighted by molar-refractivity contribution is 6.25. The van der Waals surface area contributed by atoms with E-state index >= 15 is 0 Å². The number of allylic oxidation sites excluding steroid dienone is 3. The van der Waals surface area contributed by atoms with Gasteiger partial charge in [-0.1, -0.05) is 56.3 Å². The Morgan fingerprint density at radius 1 is 1.24 bits per heavy atom. The molecule has 0 aromatic rings. The van der Waals surface area contributed by atoms with Gasteiger partial charge in [-0.15, -0.1) is 6.58 Å². The largest absolute Gasteiger partial charge is 0.412 e. The molecular weight excluding hydrogens is 507 g/mol. The van der Waals surface area contributed by atoms with Gasteiger partial charge in [0.05, 0.1) is 6.10 Å². The van der Waals surface area contributed by atoms with Gasteiger partial charge in [0.15, 0.2) is 0 Å². The van der Waals surface area contributed by atoms with Crippen molar-refractivity contribution in [1.29, 1.82) is 5.41 Å². The average Bonchev–Trinajstić information content (AvgIpc) is 3.37. The predicted octanol–water partition coefficient (Wildman–Crippen LogP) is 5.57. The molecule has 1 heterocycles. The van der Waals surface area contributed by atoms with E-state index in [1.807, 2.05) is 13.8 Å². The molecule has 1 fully saturated rings. The van der Waals surface area contributed by atoms with Crippen LogP contribution in [0.1, 0.15) is 40.5 Å². The molecule has 0 aliphatic carbocycles. The molecule has 1 unspecified atom stereocenters. The summed E-state index contributed by atoms with van der Waals surface area (Å²) in [5.41, 5.74) is 1.38. The van der Waals surface area contributed by atoms with Crippen molar-refractivity contribution in [3.8, 4) is 0 Å². The van der Waals surface area contributed by atoms with Gasteiger partial charge >= 0.3 is 12.2 Å². The minimum atomic E-state index is -4.20. The lowest BCUT2D eigenvalue weighted by atomic mass is 10.2. The lowest BCUT2D eigenvalue weighted by Gasteiger charge is -2.24. The smallest absolute Gasteiger partial charge is 0.390 e. The number of β-amino-alcohol motifs (C(OH)–C–C–N with tert-alkyl or cyclic N) is 1. The van der Waals surface area contributed by atoms with Gasteiger partial charge < -0.3 is 20.6 Å². The maximum Gasteiger partial charge on any atom is 0.412 e. The summed E-state index contributed by atoms with van der Waals surface area (Å²) in [4.78, 5) is 15.9. The Kier molecular flexibility index (Phi) is 21.3. The Labute approximate surface area is 224 Å². The van der Waals surface area contributed by atoms with Gasteiger partial charge in [0.2, 0.25) is 0 Å². The number of nitrogens with zero attached hydrogens (tertiary/aromatic N) is 2. The van der Waals surface area contributed by atoms with Gasteiger partial charge in [0, 0.05) is 43.5 Å². The highest BCUT2D eigenvalue weighted by atomic mass is 35.5. The van der Waals surface area contributed by atoms with Crippen molar-refractivity contribution in [3.05, 3.63) is 60.3 Å². The van der Waals surface area contributed by atoms with Crippen LogP contribution in [0.2, 0.25) is 0 Å². The number of hydrogen-bond donors (Lipinski definition) is 4. The number of amides is 2. The van der Waals surface area contributed by atoms with Crippen LogP contribution in [0.15, 0.2) is 60.3 Å². The van der Waals surface area contributed by atoms with Crippen LogP contribution < -0.4 is 10.6 Å². The zero-order valence-electron chi connectivity index (χ0n) is 22.4. The maximum atomic E-state index is 12.4. The Morgan fingerprint density at radius 3 is 2.30 bits per heavy atom. The molecule has 1 aliphatic rings. The van der Waals surface area contributed by atoms with E-state index in [2.05, 4.69) is 28.7 Å². The summed E-state index contributed by atoms with van der Waals surface area (Å²) in [5, 5.41) is 24.0. The normalized spacial score (nSPS) is 15.1. The van der Waals surface area contributed by atoms with Crippen molar-refractivity contribution in [2.24, 2.45) is 0 Å². The molecule has 2 amide bonds. The molecule has 7 nitrogen and oxygen atoms in total. The molecule has 1 atom stereocenters. The quantitative estimate of drug-likeness (QED) is 0.0891. The first-order valence-electron chi connectivity index (χ1n) is 12.1. The number of aliphatic hydroxyl groups excluding tert-OH is 1. The van der Waals surface area contributed by atoms with Gasteiger partial charge in [-0.2, -0.15) is 13.2 Å². The van der Waals surface area contributed by atoms with Crippen molar-refractivity contribution in [2.45, 2.75) is 52.8 Å². The number of nitrogens with one attached hydrogen (secondary N) is 3. The Morgan fingerprint density at radius 2 is 1.84 bits per heavy atom. The molecule has 0 radical (unpaired) electrons. The van der Waals surface area contributed by atoms with Crippen molar-refractivity contribution in [1.82, 2.24) is 20.4 Å². The zero-order valence-corrected chi connectivity index (χ0v) is 23.1. The lowest BCUT2D eigenvalue weighted by Crippen LogP contribution is -2.47. The van der Waals surface area contributed by atoms with E-state index in [9.17, 15) is 23.1 Å². The number of carbonyl (C=O) groups is 1. The summed E-state index contributed by atoms with van der Waals surface area (Å²) in [6.45, 7) is 17.0. The fourth-order valence-corrected chi connectivity index (χ4v) is 3.03. The molecule has 4 N–H and O–H groups in total. The average molecular weight is 550 g/mol. The van der Waals surface area contributed by atoms with Gasteiger partial charge in [0.1, 0.15) is 5.84 Å². The fraction of sp³-hybridized carbons (Fsp3) is 0.538. The molecule has 1 saturated heterocycles. The number of likely N-dealkylation sites (tertiary alicyclic amines) is 1. The van der Waals surface area contributed by atoms with E-state index < -0.39 is 23.9 Å². The molecule has 0 saturated carbocycles. The third-order valence-corrected chi connectivity index (χ3v) is 5.00. The second-order valence-corrected chi connectivity index (χ2v) is 8.02. The first-order chi connectivity index (χ1) is 17.5. The standard InChI is InChI=1S/C18H30ClN5O2.C6H7F3.C2H6/c1-3-10-24(17(20)15(2)6-8-21-9-7-19)18(26)22-13-16(25)14-23-11-4-5-12-23;1-3-4-5(2)6(7,8)9;1-2/h3,6-7,9,16,20-21,25H,1,4-5,8,10-14H2,2H3,(H,22,26);3-4H,1H2,2H3;1-2H3/b9-7+,15-6+,20-17?;5-4+;. The first kappa shape index (κ1) is 36.6. The monoisotopic (exact) mass is 549 g/mol. The molecule has 1 rings (SSSR count). The summed E-state index contributed by atoms with van der Waals surface area (Å²) < 4.78 is 34.6. The van der Waals surface area contributed by atoms with Crippen molar-refractivity contribution in [3.63, 3.8) is 0 Å². The Bertz CT molecular complexity index is 777. The molecule has 0 aromatic heterocycles. The highest BCUT2D eigenvalue weighted by Gasteiger charge is 2.29. The third-order valence-electron chi connectivity index (χ3n) is 4.88. The number of urea groups is 1. The SMILES string of the molecule is C=C/C=C(\C)C(F)(F)F.C=CCN(C(=N)/C(C)=C/CN/C=C/Cl)C(=O)NCC(O)CN1CCCC1.CC. The maximum absolute atomic E-state index is 12.4. The van der Waals surface area contributed by atoms with Gasteiger partial charge in [-0.3, -0.25) is 10.3 Å². The van der Waals surface area contributed by atoms with E-state index in [-0.39, 0.29) is 18.9 Å². The van der Waals surface area contributed by atoms with E-state index in [4.69, 9.17) is 17.0 Å². The van der Waals surface area contributed by atoms with Crippen molar-refractivity contribution in [2.75, 3.05) is 39.3 Å². The first-order valence-corrected chi connectivity index (χ1v) is 12.6. The van der Waals surface area contributed by atoms with Gasteiger partial charge in [-0.25, -0.2) is 4.79 Å². The Hall–Kier alpha value is -2.56.